The summed E-state index contributed by atoms with van der Waals surface area (Å²) in [7, 11) is 0. The second kappa shape index (κ2) is 24.5. The van der Waals surface area contributed by atoms with Crippen LogP contribution < -0.4 is 31.2 Å². The number of ether oxygens (including phenoxy) is 10. The summed E-state index contributed by atoms with van der Waals surface area (Å²) in [6.45, 7) is 4.77. The SMILES string of the molecule is O=C(O)c1cc2cc(c1)OCCOCCOCCOCCOc1cc(cc(C(=O)O)c1)OCCOCCOCCOCCO2.[NH4+].[NH4+]. The normalized spacial score (nSPS) is 17.2. The Balaban J connectivity index is 0.00000529. The molecule has 1 heterocycles. The molecule has 2 aromatic carbocycles. The van der Waals surface area contributed by atoms with Gasteiger partial charge < -0.3 is 69.9 Å². The van der Waals surface area contributed by atoms with E-state index in [1.165, 1.54) is 24.3 Å². The maximum atomic E-state index is 11.5. The monoisotopic (exact) mass is 660 g/mol. The highest BCUT2D eigenvalue weighted by atomic mass is 16.6. The largest absolute Gasteiger partial charge is 0.491 e. The number of rotatable bonds is 2. The van der Waals surface area contributed by atoms with Crippen molar-refractivity contribution >= 4 is 11.9 Å². The Bertz CT molecular complexity index is 985. The zero-order valence-corrected chi connectivity index (χ0v) is 26.6. The summed E-state index contributed by atoms with van der Waals surface area (Å²) in [5.74, 6) is -0.783. The summed E-state index contributed by atoms with van der Waals surface area (Å²) in [5.41, 5.74) is 0.0871. The number of carboxylic acid groups (broad SMARTS) is 2. The van der Waals surface area contributed by atoms with Gasteiger partial charge in [-0.05, 0) is 24.3 Å². The van der Waals surface area contributed by atoms with Gasteiger partial charge in [0.15, 0.2) is 0 Å². The molecule has 1 aliphatic heterocycles. The number of quaternary nitrogens is 2. The van der Waals surface area contributed by atoms with Crippen LogP contribution in [0.15, 0.2) is 36.4 Å². The van der Waals surface area contributed by atoms with Gasteiger partial charge in [0, 0.05) is 12.1 Å². The maximum Gasteiger partial charge on any atom is 0.335 e. The average molecular weight is 661 g/mol. The second-order valence-electron chi connectivity index (χ2n) is 9.06. The van der Waals surface area contributed by atoms with Crippen LogP contribution >= 0.6 is 0 Å². The molecule has 16 heteroatoms. The first-order chi connectivity index (χ1) is 21.5. The second-order valence-corrected chi connectivity index (χ2v) is 9.06. The van der Waals surface area contributed by atoms with Crippen molar-refractivity contribution in [2.45, 2.75) is 0 Å². The Hall–Kier alpha value is -3.74. The van der Waals surface area contributed by atoms with Crippen molar-refractivity contribution in [3.8, 4) is 23.0 Å². The van der Waals surface area contributed by atoms with Gasteiger partial charge in [0.05, 0.1) is 90.4 Å². The molecule has 4 bridgehead atoms. The van der Waals surface area contributed by atoms with E-state index in [1.54, 1.807) is 12.1 Å². The highest BCUT2D eigenvalue weighted by molar-refractivity contribution is 5.89. The molecule has 0 aromatic heterocycles. The van der Waals surface area contributed by atoms with Gasteiger partial charge in [0.25, 0.3) is 0 Å². The number of benzene rings is 2. The Morgan fingerprint density at radius 3 is 0.761 bits per heavy atom. The third kappa shape index (κ3) is 17.1. The lowest BCUT2D eigenvalue weighted by atomic mass is 10.2. The number of carboxylic acids is 2. The lowest BCUT2D eigenvalue weighted by Crippen LogP contribution is -2.15. The van der Waals surface area contributed by atoms with E-state index in [4.69, 9.17) is 47.4 Å². The lowest BCUT2D eigenvalue weighted by molar-refractivity contribution is 0.00432. The van der Waals surface area contributed by atoms with Crippen molar-refractivity contribution in [2.75, 3.05) is 106 Å². The highest BCUT2D eigenvalue weighted by Gasteiger charge is 2.11. The number of carbonyl (C=O) groups is 2. The Morgan fingerprint density at radius 1 is 0.370 bits per heavy atom. The first-order valence-corrected chi connectivity index (χ1v) is 14.3. The van der Waals surface area contributed by atoms with Gasteiger partial charge in [-0.15, -0.1) is 0 Å². The van der Waals surface area contributed by atoms with Gasteiger partial charge >= 0.3 is 11.9 Å². The van der Waals surface area contributed by atoms with E-state index in [0.717, 1.165) is 0 Å². The van der Waals surface area contributed by atoms with Crippen LogP contribution in [-0.2, 0) is 28.4 Å². The number of hydrogen-bond acceptors (Lipinski definition) is 12. The molecule has 0 fully saturated rings. The van der Waals surface area contributed by atoms with Crippen LogP contribution in [-0.4, -0.2) is 128 Å². The Labute approximate surface area is 267 Å². The van der Waals surface area contributed by atoms with Crippen molar-refractivity contribution < 1.29 is 67.2 Å². The average Bonchev–Trinajstić information content (AvgIpc) is 3.01. The fourth-order valence-electron chi connectivity index (χ4n) is 3.68. The van der Waals surface area contributed by atoms with Crippen LogP contribution in [0.4, 0.5) is 0 Å². The number of aromatic carboxylic acids is 2. The van der Waals surface area contributed by atoms with Gasteiger partial charge in [0.2, 0.25) is 0 Å². The van der Waals surface area contributed by atoms with E-state index in [0.29, 0.717) is 75.9 Å². The van der Waals surface area contributed by atoms with Crippen LogP contribution in [0.2, 0.25) is 0 Å². The summed E-state index contributed by atoms with van der Waals surface area (Å²) in [6, 6.07) is 8.91. The van der Waals surface area contributed by atoms with Crippen molar-refractivity contribution in [3.63, 3.8) is 0 Å². The van der Waals surface area contributed by atoms with Gasteiger partial charge in [-0.3, -0.25) is 0 Å². The Morgan fingerprint density at radius 2 is 0.565 bits per heavy atom. The molecule has 10 N–H and O–H groups in total. The molecule has 16 nitrogen and oxygen atoms in total. The molecule has 0 spiro atoms. The minimum absolute atomic E-state index is 0. The molecule has 46 heavy (non-hydrogen) atoms. The molecule has 0 amide bonds. The number of hydrogen-bond donors (Lipinski definition) is 4. The summed E-state index contributed by atoms with van der Waals surface area (Å²) in [5, 5.41) is 18.8. The van der Waals surface area contributed by atoms with E-state index in [-0.39, 0.29) is 76.3 Å². The van der Waals surface area contributed by atoms with Crippen LogP contribution in [0.3, 0.4) is 0 Å². The van der Waals surface area contributed by atoms with Crippen molar-refractivity contribution in [3.05, 3.63) is 47.5 Å². The molecule has 260 valence electrons. The van der Waals surface area contributed by atoms with Crippen molar-refractivity contribution in [1.82, 2.24) is 12.3 Å². The minimum atomic E-state index is -1.10. The fraction of sp³-hybridized carbons (Fsp3) is 0.533. The predicted molar refractivity (Wildman–Crippen MR) is 166 cm³/mol. The zero-order valence-electron chi connectivity index (χ0n) is 26.6. The molecule has 0 aliphatic carbocycles. The van der Waals surface area contributed by atoms with E-state index in [9.17, 15) is 19.8 Å². The molecule has 3 rings (SSSR count). The summed E-state index contributed by atoms with van der Waals surface area (Å²) >= 11 is 0. The molecule has 0 atom stereocenters. The van der Waals surface area contributed by atoms with E-state index in [2.05, 4.69) is 0 Å². The molecular formula is C30H48N2O14+2. The summed E-state index contributed by atoms with van der Waals surface area (Å²) in [6.07, 6.45) is 0. The van der Waals surface area contributed by atoms with Crippen molar-refractivity contribution in [1.29, 1.82) is 0 Å². The molecule has 0 unspecified atom stereocenters. The zero-order chi connectivity index (χ0) is 31.2. The van der Waals surface area contributed by atoms with Crippen LogP contribution in [0, 0.1) is 0 Å². The Kier molecular flexibility index (Phi) is 21.4. The summed E-state index contributed by atoms with van der Waals surface area (Å²) in [4.78, 5) is 23.0. The van der Waals surface area contributed by atoms with Crippen LogP contribution in [0.25, 0.3) is 0 Å². The van der Waals surface area contributed by atoms with Crippen LogP contribution in [0.5, 0.6) is 23.0 Å². The molecule has 1 aliphatic rings. The maximum absolute atomic E-state index is 11.5. The van der Waals surface area contributed by atoms with Gasteiger partial charge in [0.1, 0.15) is 49.4 Å². The lowest BCUT2D eigenvalue weighted by Gasteiger charge is -2.13. The van der Waals surface area contributed by atoms with Gasteiger partial charge in [-0.25, -0.2) is 9.59 Å². The standard InChI is InChI=1S/C30H40O14.2H3N/c31-29(32)23-17-25-21-26(18-23)43-15-11-39-7-3-36-4-8-40-12-16-44-28-20-24(30(33)34)19-27(22-28)42-14-10-38-6-2-35-1-5-37-9-13-41-25;;/h17-22H,1-16H2,(H,31,32)(H,33,34);2*1H3/p+2. The topological polar surface area (TPSA) is 240 Å². The third-order valence-corrected chi connectivity index (χ3v) is 5.73. The summed E-state index contributed by atoms with van der Waals surface area (Å²) < 4.78 is 55.5. The van der Waals surface area contributed by atoms with E-state index < -0.39 is 11.9 Å². The predicted octanol–water partition coefficient (Wildman–Crippen LogP) is 3.16. The first kappa shape index (κ1) is 40.3. The molecule has 0 saturated heterocycles. The molecular weight excluding hydrogens is 612 g/mol. The molecule has 0 radical (unpaired) electrons. The fourth-order valence-corrected chi connectivity index (χ4v) is 3.68. The van der Waals surface area contributed by atoms with Gasteiger partial charge in [-0.2, -0.15) is 0 Å². The van der Waals surface area contributed by atoms with E-state index >= 15 is 0 Å². The van der Waals surface area contributed by atoms with Gasteiger partial charge in [-0.1, -0.05) is 0 Å². The van der Waals surface area contributed by atoms with Crippen LogP contribution in [0.1, 0.15) is 20.7 Å². The molecule has 2 aromatic rings. The first-order valence-electron chi connectivity index (χ1n) is 14.3. The molecule has 0 saturated carbocycles. The minimum Gasteiger partial charge on any atom is -0.491 e. The van der Waals surface area contributed by atoms with E-state index in [1.807, 2.05) is 0 Å². The third-order valence-electron chi connectivity index (χ3n) is 5.73. The quantitative estimate of drug-likeness (QED) is 0.362. The van der Waals surface area contributed by atoms with Crippen molar-refractivity contribution in [2.24, 2.45) is 0 Å². The number of fused-ring (bicyclic) bond motifs is 4. The smallest absolute Gasteiger partial charge is 0.335 e. The highest BCUT2D eigenvalue weighted by Crippen LogP contribution is 2.24.